The van der Waals surface area contributed by atoms with Gasteiger partial charge >= 0.3 is 0 Å². The number of aromatic nitrogens is 2. The number of carbonyl (C=O) groups is 1. The monoisotopic (exact) mass is 348 g/mol. The lowest BCUT2D eigenvalue weighted by Crippen LogP contribution is -2.43. The molecule has 1 aliphatic heterocycles. The van der Waals surface area contributed by atoms with Crippen LogP contribution in [-0.2, 0) is 17.8 Å². The summed E-state index contributed by atoms with van der Waals surface area (Å²) in [6.45, 7) is 5.81. The van der Waals surface area contributed by atoms with Gasteiger partial charge in [-0.3, -0.25) is 9.69 Å². The molecule has 25 heavy (non-hydrogen) atoms. The number of nitrogens with zero attached hydrogens (tertiary/aromatic N) is 4. The van der Waals surface area contributed by atoms with Crippen LogP contribution < -0.4 is 0 Å². The van der Waals surface area contributed by atoms with Crippen LogP contribution in [0.1, 0.15) is 30.7 Å². The van der Waals surface area contributed by atoms with E-state index in [9.17, 15) is 9.90 Å². The highest BCUT2D eigenvalue weighted by molar-refractivity contribution is 5.77. The van der Waals surface area contributed by atoms with E-state index in [0.29, 0.717) is 44.3 Å². The smallest absolute Gasteiger partial charge is 0.230 e. The number of β-amino-alcohol motifs (C(OH)–C–C–N with tert-alkyl or cyclic N) is 1. The van der Waals surface area contributed by atoms with E-state index >= 15 is 0 Å². The Morgan fingerprint density at radius 3 is 2.92 bits per heavy atom. The molecule has 136 valence electrons. The Morgan fingerprint density at radius 1 is 1.44 bits per heavy atom. The molecule has 2 aromatic heterocycles. The van der Waals surface area contributed by atoms with Crippen LogP contribution >= 0.6 is 0 Å². The zero-order chi connectivity index (χ0) is 17.8. The largest absolute Gasteiger partial charge is 0.472 e. The van der Waals surface area contributed by atoms with Crippen molar-refractivity contribution in [2.24, 2.45) is 0 Å². The minimum atomic E-state index is -0.582. The highest BCUT2D eigenvalue weighted by atomic mass is 16.4. The van der Waals surface area contributed by atoms with Crippen LogP contribution in [0.15, 0.2) is 27.4 Å². The Hall–Kier alpha value is -2.19. The molecule has 3 rings (SSSR count). The van der Waals surface area contributed by atoms with Crippen LogP contribution in [0.3, 0.4) is 0 Å². The average molecular weight is 348 g/mol. The molecular formula is C17H24N4O4. The zero-order valence-corrected chi connectivity index (χ0v) is 14.6. The van der Waals surface area contributed by atoms with E-state index in [2.05, 4.69) is 15.1 Å². The van der Waals surface area contributed by atoms with Crippen molar-refractivity contribution in [2.45, 2.75) is 45.4 Å². The van der Waals surface area contributed by atoms with Gasteiger partial charge in [0.2, 0.25) is 17.7 Å². The second-order valence-corrected chi connectivity index (χ2v) is 6.34. The molecule has 8 nitrogen and oxygen atoms in total. The Labute approximate surface area is 146 Å². The minimum absolute atomic E-state index is 0.0486. The minimum Gasteiger partial charge on any atom is -0.472 e. The van der Waals surface area contributed by atoms with Gasteiger partial charge in [0.15, 0.2) is 0 Å². The van der Waals surface area contributed by atoms with Gasteiger partial charge in [-0.05, 0) is 24.6 Å². The molecular weight excluding hydrogens is 324 g/mol. The van der Waals surface area contributed by atoms with Crippen LogP contribution in [0.5, 0.6) is 0 Å². The first-order chi connectivity index (χ1) is 12.1. The highest BCUT2D eigenvalue weighted by Gasteiger charge is 2.37. The molecule has 0 spiro atoms. The molecule has 0 unspecified atom stereocenters. The van der Waals surface area contributed by atoms with Crippen LogP contribution in [0, 0.1) is 6.92 Å². The van der Waals surface area contributed by atoms with Crippen LogP contribution in [-0.4, -0.2) is 62.8 Å². The number of hydrogen-bond acceptors (Lipinski definition) is 7. The SMILES string of the molecule is CCN(Cc1nnc(C)o1)[C@H]1CN(C(=O)CCc2ccoc2)C[C@H]1O. The van der Waals surface area contributed by atoms with E-state index < -0.39 is 6.10 Å². The van der Waals surface area contributed by atoms with Crippen LogP contribution in [0.2, 0.25) is 0 Å². The Morgan fingerprint density at radius 2 is 2.28 bits per heavy atom. The number of likely N-dealkylation sites (tertiary alicyclic amines) is 1. The molecule has 1 N–H and O–H groups in total. The standard InChI is InChI=1S/C17H24N4O4/c1-3-20(10-16-19-18-12(2)25-16)14-8-21(9-15(14)22)17(23)5-4-13-6-7-24-11-13/h6-7,11,14-15,22H,3-5,8-10H2,1-2H3/t14-,15+/m0/s1. The van der Waals surface area contributed by atoms with Crippen molar-refractivity contribution in [3.8, 4) is 0 Å². The van der Waals surface area contributed by atoms with Crippen molar-refractivity contribution in [3.05, 3.63) is 35.9 Å². The number of furan rings is 1. The van der Waals surface area contributed by atoms with E-state index in [-0.39, 0.29) is 11.9 Å². The van der Waals surface area contributed by atoms with Gasteiger partial charge < -0.3 is 18.8 Å². The lowest BCUT2D eigenvalue weighted by atomic mass is 10.2. The third-order valence-electron chi connectivity index (χ3n) is 4.60. The maximum absolute atomic E-state index is 12.4. The van der Waals surface area contributed by atoms with Crippen LogP contribution in [0.4, 0.5) is 0 Å². The van der Waals surface area contributed by atoms with Gasteiger partial charge in [-0.25, -0.2) is 0 Å². The molecule has 3 heterocycles. The highest BCUT2D eigenvalue weighted by Crippen LogP contribution is 2.20. The second kappa shape index (κ2) is 7.79. The molecule has 0 saturated carbocycles. The first-order valence-corrected chi connectivity index (χ1v) is 8.56. The number of aliphatic hydroxyl groups excluding tert-OH is 1. The summed E-state index contributed by atoms with van der Waals surface area (Å²) >= 11 is 0. The molecule has 0 aliphatic carbocycles. The maximum atomic E-state index is 12.4. The number of likely N-dealkylation sites (N-methyl/N-ethyl adjacent to an activating group) is 1. The van der Waals surface area contributed by atoms with Gasteiger partial charge in [0.25, 0.3) is 0 Å². The van der Waals surface area contributed by atoms with Gasteiger partial charge in [-0.2, -0.15) is 0 Å². The first-order valence-electron chi connectivity index (χ1n) is 8.56. The average Bonchev–Trinajstić information content (AvgIpc) is 3.32. The summed E-state index contributed by atoms with van der Waals surface area (Å²) in [4.78, 5) is 16.2. The van der Waals surface area contributed by atoms with Crippen molar-refractivity contribution in [1.29, 1.82) is 0 Å². The van der Waals surface area contributed by atoms with E-state index in [4.69, 9.17) is 8.83 Å². The maximum Gasteiger partial charge on any atom is 0.230 e. The van der Waals surface area contributed by atoms with Crippen molar-refractivity contribution in [2.75, 3.05) is 19.6 Å². The van der Waals surface area contributed by atoms with E-state index in [1.807, 2.05) is 13.0 Å². The predicted octanol–water partition coefficient (Wildman–Crippen LogP) is 0.997. The van der Waals surface area contributed by atoms with Gasteiger partial charge in [0, 0.05) is 26.4 Å². The lowest BCUT2D eigenvalue weighted by molar-refractivity contribution is -0.130. The first kappa shape index (κ1) is 17.6. The molecule has 2 atom stereocenters. The van der Waals surface area contributed by atoms with Crippen molar-refractivity contribution < 1.29 is 18.7 Å². The number of aryl methyl sites for hydroxylation is 2. The number of hydrogen-bond donors (Lipinski definition) is 1. The molecule has 0 radical (unpaired) electrons. The molecule has 1 aliphatic rings. The fourth-order valence-corrected chi connectivity index (χ4v) is 3.21. The molecule has 0 bridgehead atoms. The zero-order valence-electron chi connectivity index (χ0n) is 14.6. The molecule has 8 heteroatoms. The van der Waals surface area contributed by atoms with Crippen molar-refractivity contribution in [1.82, 2.24) is 20.0 Å². The number of aliphatic hydroxyl groups is 1. The predicted molar refractivity (Wildman–Crippen MR) is 88.5 cm³/mol. The normalized spacial score (nSPS) is 20.6. The van der Waals surface area contributed by atoms with E-state index in [1.165, 1.54) is 0 Å². The molecule has 0 aromatic carbocycles. The topological polar surface area (TPSA) is 95.8 Å². The fourth-order valence-electron chi connectivity index (χ4n) is 3.21. The van der Waals surface area contributed by atoms with Gasteiger partial charge in [-0.15, -0.1) is 10.2 Å². The summed E-state index contributed by atoms with van der Waals surface area (Å²) in [5.41, 5.74) is 1.01. The summed E-state index contributed by atoms with van der Waals surface area (Å²) in [5.74, 6) is 1.10. The number of amides is 1. The third-order valence-corrected chi connectivity index (χ3v) is 4.60. The van der Waals surface area contributed by atoms with Crippen molar-refractivity contribution >= 4 is 5.91 Å². The lowest BCUT2D eigenvalue weighted by Gasteiger charge is -2.27. The van der Waals surface area contributed by atoms with Gasteiger partial charge in [0.1, 0.15) is 0 Å². The van der Waals surface area contributed by atoms with Gasteiger partial charge in [0.05, 0.1) is 31.2 Å². The quantitative estimate of drug-likeness (QED) is 0.797. The van der Waals surface area contributed by atoms with Crippen molar-refractivity contribution in [3.63, 3.8) is 0 Å². The number of rotatable bonds is 7. The molecule has 1 saturated heterocycles. The molecule has 1 fully saturated rings. The fraction of sp³-hybridized carbons (Fsp3) is 0.588. The molecule has 1 amide bonds. The number of carbonyl (C=O) groups excluding carboxylic acids is 1. The summed E-state index contributed by atoms with van der Waals surface area (Å²) in [5, 5.41) is 18.3. The summed E-state index contributed by atoms with van der Waals surface area (Å²) < 4.78 is 10.4. The Bertz CT molecular complexity index is 685. The van der Waals surface area contributed by atoms with Crippen LogP contribution in [0.25, 0.3) is 0 Å². The summed E-state index contributed by atoms with van der Waals surface area (Å²) in [6, 6.07) is 1.73. The van der Waals surface area contributed by atoms with E-state index in [1.54, 1.807) is 24.3 Å². The second-order valence-electron chi connectivity index (χ2n) is 6.34. The van der Waals surface area contributed by atoms with Gasteiger partial charge in [-0.1, -0.05) is 6.92 Å². The molecule has 2 aromatic rings. The third kappa shape index (κ3) is 4.26. The summed E-state index contributed by atoms with van der Waals surface area (Å²) in [6.07, 6.45) is 3.73. The summed E-state index contributed by atoms with van der Waals surface area (Å²) in [7, 11) is 0. The van der Waals surface area contributed by atoms with E-state index in [0.717, 1.165) is 12.1 Å². The Balaban J connectivity index is 1.56. The Kier molecular flexibility index (Phi) is 5.50.